The van der Waals surface area contributed by atoms with E-state index in [1.807, 2.05) is 31.2 Å². The van der Waals surface area contributed by atoms with E-state index in [0.29, 0.717) is 23.9 Å². The van der Waals surface area contributed by atoms with Crippen LogP contribution in [0.15, 0.2) is 36.5 Å². The fourth-order valence-electron chi connectivity index (χ4n) is 2.66. The number of carbonyl (C=O) groups excluding carboxylic acids is 1. The van der Waals surface area contributed by atoms with E-state index in [-0.39, 0.29) is 5.91 Å². The first-order valence-electron chi connectivity index (χ1n) is 8.29. The molecule has 1 atom stereocenters. The molecule has 1 amide bonds. The highest BCUT2D eigenvalue weighted by molar-refractivity contribution is 5.95. The molecule has 0 aliphatic carbocycles. The number of aromatic nitrogens is 2. The van der Waals surface area contributed by atoms with Crippen molar-refractivity contribution in [2.24, 2.45) is 5.92 Å². The molecule has 24 heavy (non-hydrogen) atoms. The summed E-state index contributed by atoms with van der Waals surface area (Å²) in [7, 11) is 0. The summed E-state index contributed by atoms with van der Waals surface area (Å²) < 4.78 is 5.33. The van der Waals surface area contributed by atoms with Gasteiger partial charge < -0.3 is 15.4 Å². The van der Waals surface area contributed by atoms with Crippen LogP contribution in [0.2, 0.25) is 0 Å². The molecular weight excluding hydrogens is 304 g/mol. The Bertz CT molecular complexity index is 699. The number of nitrogens with one attached hydrogen (secondary N) is 2. The van der Waals surface area contributed by atoms with Gasteiger partial charge in [-0.05, 0) is 31.5 Å². The van der Waals surface area contributed by atoms with E-state index >= 15 is 0 Å². The van der Waals surface area contributed by atoms with E-state index in [0.717, 1.165) is 37.6 Å². The predicted molar refractivity (Wildman–Crippen MR) is 92.9 cm³/mol. The van der Waals surface area contributed by atoms with Gasteiger partial charge in [0.15, 0.2) is 5.82 Å². The number of amides is 1. The smallest absolute Gasteiger partial charge is 0.251 e. The van der Waals surface area contributed by atoms with Crippen molar-refractivity contribution in [1.29, 1.82) is 0 Å². The number of nitrogens with zero attached hydrogens (tertiary/aromatic N) is 2. The summed E-state index contributed by atoms with van der Waals surface area (Å²) in [5.74, 6) is 1.72. The third-order valence-corrected chi connectivity index (χ3v) is 3.97. The van der Waals surface area contributed by atoms with Gasteiger partial charge in [-0.3, -0.25) is 4.79 Å². The van der Waals surface area contributed by atoms with Crippen molar-refractivity contribution in [2.75, 3.05) is 31.6 Å². The van der Waals surface area contributed by atoms with Crippen LogP contribution < -0.4 is 10.6 Å². The van der Waals surface area contributed by atoms with E-state index in [1.54, 1.807) is 12.3 Å². The average Bonchev–Trinajstić information content (AvgIpc) is 3.14. The van der Waals surface area contributed by atoms with Crippen LogP contribution in [0.3, 0.4) is 0 Å². The molecule has 0 spiro atoms. The molecule has 0 unspecified atom stereocenters. The highest BCUT2D eigenvalue weighted by atomic mass is 16.5. The third-order valence-electron chi connectivity index (χ3n) is 3.97. The number of anilines is 1. The Labute approximate surface area is 141 Å². The molecule has 1 aliphatic rings. The number of hydrogen-bond acceptors (Lipinski definition) is 5. The minimum Gasteiger partial charge on any atom is -0.381 e. The Kier molecular flexibility index (Phi) is 5.38. The molecule has 1 saturated heterocycles. The van der Waals surface area contributed by atoms with Crippen LogP contribution in [-0.2, 0) is 4.74 Å². The van der Waals surface area contributed by atoms with Crippen molar-refractivity contribution in [3.05, 3.63) is 42.1 Å². The van der Waals surface area contributed by atoms with Gasteiger partial charge in [0.25, 0.3) is 5.91 Å². The van der Waals surface area contributed by atoms with Crippen molar-refractivity contribution in [1.82, 2.24) is 15.3 Å². The quantitative estimate of drug-likeness (QED) is 0.852. The number of hydrogen-bond donors (Lipinski definition) is 2. The van der Waals surface area contributed by atoms with Gasteiger partial charge in [-0.2, -0.15) is 0 Å². The van der Waals surface area contributed by atoms with Crippen molar-refractivity contribution >= 4 is 11.7 Å². The summed E-state index contributed by atoms with van der Waals surface area (Å²) in [4.78, 5) is 21.1. The Morgan fingerprint density at radius 1 is 1.38 bits per heavy atom. The highest BCUT2D eigenvalue weighted by Gasteiger charge is 2.17. The monoisotopic (exact) mass is 326 g/mol. The topological polar surface area (TPSA) is 76.1 Å². The largest absolute Gasteiger partial charge is 0.381 e. The van der Waals surface area contributed by atoms with Crippen LogP contribution in [0, 0.1) is 5.92 Å². The molecule has 3 rings (SSSR count). The van der Waals surface area contributed by atoms with Crippen molar-refractivity contribution in [3.63, 3.8) is 0 Å². The normalized spacial score (nSPS) is 16.8. The summed E-state index contributed by atoms with van der Waals surface area (Å²) in [6.07, 6.45) is 2.72. The van der Waals surface area contributed by atoms with Crippen molar-refractivity contribution in [2.45, 2.75) is 13.3 Å². The molecule has 126 valence electrons. The second-order valence-corrected chi connectivity index (χ2v) is 5.82. The fraction of sp³-hybridized carbons (Fsp3) is 0.389. The van der Waals surface area contributed by atoms with Gasteiger partial charge >= 0.3 is 0 Å². The van der Waals surface area contributed by atoms with Crippen LogP contribution in [0.1, 0.15) is 23.7 Å². The van der Waals surface area contributed by atoms with Crippen LogP contribution in [0.5, 0.6) is 0 Å². The zero-order valence-electron chi connectivity index (χ0n) is 13.8. The predicted octanol–water partition coefficient (Wildman–Crippen LogP) is 2.34. The Hall–Kier alpha value is -2.47. The molecule has 6 heteroatoms. The molecule has 2 heterocycles. The van der Waals surface area contributed by atoms with Crippen LogP contribution in [0.25, 0.3) is 11.4 Å². The summed E-state index contributed by atoms with van der Waals surface area (Å²) in [5, 5.41) is 6.14. The molecule has 0 radical (unpaired) electrons. The van der Waals surface area contributed by atoms with Gasteiger partial charge in [0.1, 0.15) is 5.82 Å². The van der Waals surface area contributed by atoms with Crippen molar-refractivity contribution in [3.8, 4) is 11.4 Å². The molecule has 1 aliphatic heterocycles. The molecule has 0 bridgehead atoms. The molecule has 6 nitrogen and oxygen atoms in total. The third kappa shape index (κ3) is 4.08. The first kappa shape index (κ1) is 16.4. The van der Waals surface area contributed by atoms with Gasteiger partial charge in [0.05, 0.1) is 6.61 Å². The van der Waals surface area contributed by atoms with Crippen molar-refractivity contribution < 1.29 is 9.53 Å². The van der Waals surface area contributed by atoms with Gasteiger partial charge in [-0.25, -0.2) is 9.97 Å². The van der Waals surface area contributed by atoms with Crippen LogP contribution >= 0.6 is 0 Å². The molecular formula is C18H22N4O2. The molecule has 0 saturated carbocycles. The lowest BCUT2D eigenvalue weighted by molar-refractivity contribution is 0.0945. The van der Waals surface area contributed by atoms with E-state index in [2.05, 4.69) is 20.6 Å². The number of ether oxygens (including phenoxy) is 1. The van der Waals surface area contributed by atoms with E-state index in [1.165, 1.54) is 0 Å². The molecule has 1 aromatic heterocycles. The van der Waals surface area contributed by atoms with E-state index in [9.17, 15) is 4.79 Å². The Balaban J connectivity index is 1.71. The lowest BCUT2D eigenvalue weighted by atomic mass is 10.1. The molecule has 2 aromatic rings. The Morgan fingerprint density at radius 3 is 3.08 bits per heavy atom. The number of rotatable bonds is 6. The maximum Gasteiger partial charge on any atom is 0.251 e. The second kappa shape index (κ2) is 7.88. The first-order valence-corrected chi connectivity index (χ1v) is 8.29. The summed E-state index contributed by atoms with van der Waals surface area (Å²) in [5.41, 5.74) is 1.44. The SMILES string of the molecule is CCNc1ccnc(-c2cccc(C(=O)NC[C@@H]3CCOC3)c2)n1. The lowest BCUT2D eigenvalue weighted by Gasteiger charge is -2.10. The Morgan fingerprint density at radius 2 is 2.29 bits per heavy atom. The number of carbonyl (C=O) groups is 1. The van der Waals surface area contributed by atoms with Crippen LogP contribution in [-0.4, -0.2) is 42.2 Å². The van der Waals surface area contributed by atoms with Gasteiger partial charge in [0.2, 0.25) is 0 Å². The van der Waals surface area contributed by atoms with E-state index in [4.69, 9.17) is 4.74 Å². The lowest BCUT2D eigenvalue weighted by Crippen LogP contribution is -2.29. The van der Waals surface area contributed by atoms with Gasteiger partial charge in [0, 0.05) is 42.9 Å². The molecule has 1 fully saturated rings. The summed E-state index contributed by atoms with van der Waals surface area (Å²) in [6, 6.07) is 9.22. The highest BCUT2D eigenvalue weighted by Crippen LogP contribution is 2.18. The van der Waals surface area contributed by atoms with E-state index < -0.39 is 0 Å². The van der Waals surface area contributed by atoms with Crippen LogP contribution in [0.4, 0.5) is 5.82 Å². The summed E-state index contributed by atoms with van der Waals surface area (Å²) in [6.45, 7) is 4.97. The minimum atomic E-state index is -0.0772. The maximum absolute atomic E-state index is 12.3. The fourth-order valence-corrected chi connectivity index (χ4v) is 2.66. The standard InChI is InChI=1S/C18H22N4O2/c1-2-19-16-6-8-20-17(22-16)14-4-3-5-15(10-14)18(23)21-11-13-7-9-24-12-13/h3-6,8,10,13H,2,7,9,11-12H2,1H3,(H,21,23)(H,19,20,22)/t13-/m0/s1. The molecule has 2 N–H and O–H groups in total. The molecule has 1 aromatic carbocycles. The number of benzene rings is 1. The zero-order chi connectivity index (χ0) is 16.8. The average molecular weight is 326 g/mol. The van der Waals surface area contributed by atoms with Gasteiger partial charge in [-0.15, -0.1) is 0 Å². The summed E-state index contributed by atoms with van der Waals surface area (Å²) >= 11 is 0. The maximum atomic E-state index is 12.3. The first-order chi connectivity index (χ1) is 11.8. The van der Waals surface area contributed by atoms with Gasteiger partial charge in [-0.1, -0.05) is 12.1 Å². The second-order valence-electron chi connectivity index (χ2n) is 5.82. The minimum absolute atomic E-state index is 0.0772. The zero-order valence-corrected chi connectivity index (χ0v) is 13.8.